The van der Waals surface area contributed by atoms with E-state index in [-0.39, 0.29) is 23.3 Å². The average molecular weight is 376 g/mol. The third kappa shape index (κ3) is 3.46. The molecular weight excluding hydrogens is 358 g/mol. The Kier molecular flexibility index (Phi) is 5.06. The highest BCUT2D eigenvalue weighted by Crippen LogP contribution is 2.28. The number of nitrogens with zero attached hydrogens (tertiary/aromatic N) is 1. The number of rotatable bonds is 3. The van der Waals surface area contributed by atoms with Gasteiger partial charge in [-0.25, -0.2) is 8.42 Å². The van der Waals surface area contributed by atoms with Crippen molar-refractivity contribution in [3.05, 3.63) is 28.2 Å². The third-order valence-electron chi connectivity index (χ3n) is 3.69. The van der Waals surface area contributed by atoms with Gasteiger partial charge in [0.2, 0.25) is 10.0 Å². The molecule has 2 rings (SSSR count). The molecule has 7 heteroatoms. The van der Waals surface area contributed by atoms with Crippen molar-refractivity contribution in [1.29, 1.82) is 0 Å². The van der Waals surface area contributed by atoms with Crippen molar-refractivity contribution in [2.24, 2.45) is 5.92 Å². The Bertz CT molecular complexity index is 644. The lowest BCUT2D eigenvalue weighted by molar-refractivity contribution is -0.146. The van der Waals surface area contributed by atoms with E-state index in [4.69, 9.17) is 4.74 Å². The summed E-state index contributed by atoms with van der Waals surface area (Å²) in [7, 11) is -2.27. The van der Waals surface area contributed by atoms with Crippen LogP contribution in [-0.2, 0) is 19.6 Å². The van der Waals surface area contributed by atoms with E-state index in [0.29, 0.717) is 29.4 Å². The minimum absolute atomic E-state index is 0.182. The molecule has 1 saturated heterocycles. The number of hydrogen-bond acceptors (Lipinski definition) is 4. The molecule has 0 saturated carbocycles. The minimum Gasteiger partial charge on any atom is -0.469 e. The van der Waals surface area contributed by atoms with E-state index >= 15 is 0 Å². The van der Waals surface area contributed by atoms with Crippen molar-refractivity contribution in [3.8, 4) is 0 Å². The van der Waals surface area contributed by atoms with Crippen molar-refractivity contribution in [1.82, 2.24) is 4.31 Å². The van der Waals surface area contributed by atoms with Gasteiger partial charge in [0.15, 0.2) is 0 Å². The zero-order chi connectivity index (χ0) is 15.6. The number of benzene rings is 1. The first-order valence-electron chi connectivity index (χ1n) is 6.70. The molecule has 0 aromatic heterocycles. The number of hydrogen-bond donors (Lipinski definition) is 0. The Hall–Kier alpha value is -0.920. The molecule has 0 radical (unpaired) electrons. The number of sulfonamides is 1. The molecule has 1 unspecified atom stereocenters. The Balaban J connectivity index is 2.31. The second-order valence-corrected chi connectivity index (χ2v) is 7.96. The fraction of sp³-hybridized carbons (Fsp3) is 0.500. The zero-order valence-electron chi connectivity index (χ0n) is 12.0. The lowest BCUT2D eigenvalue weighted by Gasteiger charge is -2.30. The van der Waals surface area contributed by atoms with Crippen LogP contribution in [0, 0.1) is 12.8 Å². The molecule has 116 valence electrons. The van der Waals surface area contributed by atoms with Crippen LogP contribution in [0.5, 0.6) is 0 Å². The van der Waals surface area contributed by atoms with Crippen LogP contribution in [-0.4, -0.2) is 38.9 Å². The molecule has 1 fully saturated rings. The molecule has 0 bridgehead atoms. The molecule has 5 nitrogen and oxygen atoms in total. The number of piperidine rings is 1. The van der Waals surface area contributed by atoms with E-state index in [2.05, 4.69) is 15.9 Å². The molecule has 1 aliphatic heterocycles. The summed E-state index contributed by atoms with van der Waals surface area (Å²) in [4.78, 5) is 11.9. The maximum Gasteiger partial charge on any atom is 0.309 e. The predicted molar refractivity (Wildman–Crippen MR) is 82.4 cm³/mol. The van der Waals surface area contributed by atoms with Crippen LogP contribution >= 0.6 is 15.9 Å². The van der Waals surface area contributed by atoms with Gasteiger partial charge >= 0.3 is 5.97 Å². The molecule has 1 aromatic rings. The number of carbonyl (C=O) groups is 1. The number of methoxy groups -OCH3 is 1. The summed E-state index contributed by atoms with van der Waals surface area (Å²) in [5.74, 6) is -0.730. The second-order valence-electron chi connectivity index (χ2n) is 5.14. The number of aryl methyl sites for hydroxylation is 1. The lowest BCUT2D eigenvalue weighted by atomic mass is 10.0. The van der Waals surface area contributed by atoms with Crippen molar-refractivity contribution in [2.75, 3.05) is 20.2 Å². The van der Waals surface area contributed by atoms with Crippen LogP contribution < -0.4 is 0 Å². The van der Waals surface area contributed by atoms with Crippen LogP contribution in [0.2, 0.25) is 0 Å². The summed E-state index contributed by atoms with van der Waals surface area (Å²) < 4.78 is 32.4. The van der Waals surface area contributed by atoms with Gasteiger partial charge in [-0.3, -0.25) is 4.79 Å². The molecule has 0 aliphatic carbocycles. The van der Waals surface area contributed by atoms with Gasteiger partial charge in [-0.1, -0.05) is 22.0 Å². The van der Waals surface area contributed by atoms with Crippen molar-refractivity contribution in [3.63, 3.8) is 0 Å². The van der Waals surface area contributed by atoms with Gasteiger partial charge in [0.05, 0.1) is 17.9 Å². The third-order valence-corrected chi connectivity index (χ3v) is 6.19. The number of ether oxygens (including phenoxy) is 1. The van der Waals surface area contributed by atoms with Crippen molar-refractivity contribution in [2.45, 2.75) is 24.7 Å². The summed E-state index contributed by atoms with van der Waals surface area (Å²) in [5.41, 5.74) is 0.693. The van der Waals surface area contributed by atoms with E-state index in [0.717, 1.165) is 0 Å². The largest absolute Gasteiger partial charge is 0.469 e. The molecule has 1 heterocycles. The molecule has 1 atom stereocenters. The Morgan fingerprint density at radius 3 is 2.81 bits per heavy atom. The van der Waals surface area contributed by atoms with E-state index < -0.39 is 10.0 Å². The summed E-state index contributed by atoms with van der Waals surface area (Å²) in [6, 6.07) is 5.17. The number of halogens is 1. The topological polar surface area (TPSA) is 63.7 Å². The first-order valence-corrected chi connectivity index (χ1v) is 8.93. The van der Waals surface area contributed by atoms with Gasteiger partial charge in [0, 0.05) is 17.6 Å². The van der Waals surface area contributed by atoms with Crippen molar-refractivity contribution < 1.29 is 17.9 Å². The fourth-order valence-corrected chi connectivity index (χ4v) is 4.80. The van der Waals surface area contributed by atoms with Crippen LogP contribution in [0.15, 0.2) is 27.6 Å². The first-order chi connectivity index (χ1) is 9.86. The van der Waals surface area contributed by atoms with Gasteiger partial charge in [-0.05, 0) is 37.5 Å². The van der Waals surface area contributed by atoms with Gasteiger partial charge in [-0.2, -0.15) is 4.31 Å². The quantitative estimate of drug-likeness (QED) is 0.760. The van der Waals surface area contributed by atoms with Crippen LogP contribution in [0.25, 0.3) is 0 Å². The SMILES string of the molecule is COC(=O)C1CCCN(S(=O)(=O)c2cc(Br)ccc2C)C1. The minimum atomic E-state index is -3.59. The molecular formula is C14H18BrNO4S. The van der Waals surface area contributed by atoms with Crippen LogP contribution in [0.1, 0.15) is 18.4 Å². The monoisotopic (exact) mass is 375 g/mol. The normalized spacial score (nSPS) is 20.2. The summed E-state index contributed by atoms with van der Waals surface area (Å²) in [6.07, 6.45) is 1.32. The molecule has 0 amide bonds. The molecule has 1 aliphatic rings. The van der Waals surface area contributed by atoms with Gasteiger partial charge < -0.3 is 4.74 Å². The number of carbonyl (C=O) groups excluding carboxylic acids is 1. The van der Waals surface area contributed by atoms with E-state index in [1.54, 1.807) is 19.1 Å². The molecule has 0 spiro atoms. The molecule has 1 aromatic carbocycles. The summed E-state index contributed by atoms with van der Waals surface area (Å²) >= 11 is 3.30. The highest BCUT2D eigenvalue weighted by Gasteiger charge is 2.34. The average Bonchev–Trinajstić information content (AvgIpc) is 2.49. The Morgan fingerprint density at radius 2 is 2.14 bits per heavy atom. The zero-order valence-corrected chi connectivity index (χ0v) is 14.4. The lowest BCUT2D eigenvalue weighted by Crippen LogP contribution is -2.42. The predicted octanol–water partition coefficient (Wildman–Crippen LogP) is 2.33. The second kappa shape index (κ2) is 6.46. The highest BCUT2D eigenvalue weighted by atomic mass is 79.9. The molecule has 0 N–H and O–H groups in total. The maximum absolute atomic E-state index is 12.8. The first kappa shape index (κ1) is 16.5. The van der Waals surface area contributed by atoms with E-state index in [1.807, 2.05) is 6.07 Å². The van der Waals surface area contributed by atoms with E-state index in [1.165, 1.54) is 11.4 Å². The van der Waals surface area contributed by atoms with Gasteiger partial charge in [0.25, 0.3) is 0 Å². The Labute approximate surface area is 133 Å². The Morgan fingerprint density at radius 1 is 1.43 bits per heavy atom. The van der Waals surface area contributed by atoms with Gasteiger partial charge in [0.1, 0.15) is 0 Å². The maximum atomic E-state index is 12.8. The highest BCUT2D eigenvalue weighted by molar-refractivity contribution is 9.10. The fourth-order valence-electron chi connectivity index (χ4n) is 2.51. The number of esters is 1. The molecule has 21 heavy (non-hydrogen) atoms. The smallest absolute Gasteiger partial charge is 0.309 e. The summed E-state index contributed by atoms with van der Waals surface area (Å²) in [5, 5.41) is 0. The standard InChI is InChI=1S/C14H18BrNO4S/c1-10-5-6-12(15)8-13(10)21(18,19)16-7-3-4-11(9-16)14(17)20-2/h5-6,8,11H,3-4,7,9H2,1-2H3. The van der Waals surface area contributed by atoms with Crippen LogP contribution in [0.3, 0.4) is 0 Å². The summed E-state index contributed by atoms with van der Waals surface area (Å²) in [6.45, 7) is 2.38. The van der Waals surface area contributed by atoms with Crippen molar-refractivity contribution >= 4 is 31.9 Å². The van der Waals surface area contributed by atoms with Gasteiger partial charge in [-0.15, -0.1) is 0 Å². The van der Waals surface area contributed by atoms with E-state index in [9.17, 15) is 13.2 Å². The van der Waals surface area contributed by atoms with Crippen LogP contribution in [0.4, 0.5) is 0 Å².